The average molecular weight is 411 g/mol. The van der Waals surface area contributed by atoms with Gasteiger partial charge in [-0.25, -0.2) is 9.07 Å². The molecule has 0 bridgehead atoms. The lowest BCUT2D eigenvalue weighted by molar-refractivity contribution is -0.118. The predicted octanol–water partition coefficient (Wildman–Crippen LogP) is 4.54. The number of benzene rings is 3. The monoisotopic (exact) mass is 411 g/mol. The van der Waals surface area contributed by atoms with Crippen LogP contribution in [0.1, 0.15) is 12.0 Å². The maximum atomic E-state index is 13.4. The SMILES string of the molecule is NCCC(=O)N1Cc2ccccc2-c2nn(-c3ccc([18F])cc3)cc2-c2ccccc21. The standard InChI is InChI=1S/C25H21FN4O/c26-18-9-11-19(12-10-18)30-16-22-21-7-3-4-8-23(21)29(24(31)13-14-27)15-17-5-1-2-6-20(17)25(22)28-30/h1-12,16H,13-15,27H2/i26-1. The van der Waals surface area contributed by atoms with Gasteiger partial charge in [-0.2, -0.15) is 5.10 Å². The van der Waals surface area contributed by atoms with Crippen LogP contribution in [0.2, 0.25) is 0 Å². The van der Waals surface area contributed by atoms with Gasteiger partial charge in [-0.1, -0.05) is 42.5 Å². The zero-order valence-corrected chi connectivity index (χ0v) is 16.8. The van der Waals surface area contributed by atoms with Crippen LogP contribution < -0.4 is 10.6 Å². The van der Waals surface area contributed by atoms with E-state index in [2.05, 4.69) is 0 Å². The molecule has 1 amide bonds. The summed E-state index contributed by atoms with van der Waals surface area (Å²) in [6.45, 7) is 0.738. The summed E-state index contributed by atoms with van der Waals surface area (Å²) >= 11 is 0. The number of carbonyl (C=O) groups excluding carboxylic acids is 1. The first kappa shape index (κ1) is 19.2. The zero-order valence-electron chi connectivity index (χ0n) is 16.8. The lowest BCUT2D eigenvalue weighted by atomic mass is 9.94. The Kier molecular flexibility index (Phi) is 4.84. The number of hydrogen-bond acceptors (Lipinski definition) is 3. The van der Waals surface area contributed by atoms with Gasteiger partial charge in [-0.3, -0.25) is 4.79 Å². The first-order valence-electron chi connectivity index (χ1n) is 10.2. The van der Waals surface area contributed by atoms with Gasteiger partial charge >= 0.3 is 0 Å². The number of hydrogen-bond donors (Lipinski definition) is 1. The Morgan fingerprint density at radius 1 is 0.935 bits per heavy atom. The molecule has 4 aromatic rings. The Hall–Kier alpha value is -3.77. The summed E-state index contributed by atoms with van der Waals surface area (Å²) in [5.74, 6) is -0.307. The maximum Gasteiger partial charge on any atom is 0.228 e. The molecule has 0 saturated heterocycles. The smallest absolute Gasteiger partial charge is 0.228 e. The third-order valence-corrected chi connectivity index (χ3v) is 5.55. The minimum atomic E-state index is -0.293. The Balaban J connectivity index is 1.76. The van der Waals surface area contributed by atoms with E-state index in [9.17, 15) is 9.18 Å². The predicted molar refractivity (Wildman–Crippen MR) is 119 cm³/mol. The highest BCUT2D eigenvalue weighted by Gasteiger charge is 2.27. The number of amides is 1. The van der Waals surface area contributed by atoms with Gasteiger partial charge in [0.2, 0.25) is 5.91 Å². The van der Waals surface area contributed by atoms with E-state index >= 15 is 0 Å². The van der Waals surface area contributed by atoms with Crippen LogP contribution in [0.25, 0.3) is 28.1 Å². The van der Waals surface area contributed by atoms with Gasteiger partial charge < -0.3 is 10.6 Å². The van der Waals surface area contributed by atoms with Crippen molar-refractivity contribution in [2.75, 3.05) is 11.4 Å². The van der Waals surface area contributed by atoms with Crippen LogP contribution in [0.5, 0.6) is 0 Å². The molecule has 5 nitrogen and oxygen atoms in total. The summed E-state index contributed by atoms with van der Waals surface area (Å²) in [7, 11) is 0. The number of fused-ring (bicyclic) bond motifs is 5. The van der Waals surface area contributed by atoms with E-state index in [1.54, 1.807) is 21.7 Å². The fourth-order valence-corrected chi connectivity index (χ4v) is 4.06. The van der Waals surface area contributed by atoms with E-state index in [4.69, 9.17) is 10.8 Å². The molecule has 1 aliphatic rings. The fourth-order valence-electron chi connectivity index (χ4n) is 4.06. The third kappa shape index (κ3) is 3.41. The second-order valence-electron chi connectivity index (χ2n) is 7.51. The van der Waals surface area contributed by atoms with E-state index in [1.165, 1.54) is 12.1 Å². The van der Waals surface area contributed by atoms with Crippen LogP contribution in [0.3, 0.4) is 0 Å². The molecule has 6 heteroatoms. The van der Waals surface area contributed by atoms with Gasteiger partial charge in [-0.15, -0.1) is 0 Å². The molecule has 0 radical (unpaired) electrons. The number of anilines is 1. The Labute approximate surface area is 179 Å². The summed E-state index contributed by atoms with van der Waals surface area (Å²) < 4.78 is 15.2. The minimum absolute atomic E-state index is 0.0147. The number of halogens is 1. The van der Waals surface area contributed by atoms with Crippen molar-refractivity contribution < 1.29 is 9.18 Å². The van der Waals surface area contributed by atoms with Crippen LogP contribution in [0, 0.1) is 5.82 Å². The Morgan fingerprint density at radius 3 is 2.42 bits per heavy atom. The van der Waals surface area contributed by atoms with E-state index in [-0.39, 0.29) is 18.1 Å². The van der Waals surface area contributed by atoms with Crippen molar-refractivity contribution in [2.45, 2.75) is 13.0 Å². The van der Waals surface area contributed by atoms with Crippen LogP contribution in [0.15, 0.2) is 79.0 Å². The van der Waals surface area contributed by atoms with E-state index < -0.39 is 0 Å². The van der Waals surface area contributed by atoms with Gasteiger partial charge in [0.25, 0.3) is 0 Å². The number of rotatable bonds is 3. The van der Waals surface area contributed by atoms with Gasteiger partial charge in [0.15, 0.2) is 0 Å². The molecule has 2 N–H and O–H groups in total. The molecular formula is C25H21FN4O. The Morgan fingerprint density at radius 2 is 1.65 bits per heavy atom. The van der Waals surface area contributed by atoms with Gasteiger partial charge in [0.05, 0.1) is 17.9 Å². The zero-order chi connectivity index (χ0) is 21.4. The summed E-state index contributed by atoms with van der Waals surface area (Å²) in [5.41, 5.74) is 11.9. The normalized spacial score (nSPS) is 12.4. The van der Waals surface area contributed by atoms with Gasteiger partial charge in [-0.05, 0) is 35.9 Å². The van der Waals surface area contributed by atoms with Crippen LogP contribution in [-0.2, 0) is 11.3 Å². The van der Waals surface area contributed by atoms with E-state index in [0.717, 1.165) is 39.3 Å². The molecule has 0 atom stereocenters. The van der Waals surface area contributed by atoms with Crippen molar-refractivity contribution in [2.24, 2.45) is 5.73 Å². The topological polar surface area (TPSA) is 64.2 Å². The lowest BCUT2D eigenvalue weighted by Crippen LogP contribution is -2.33. The highest BCUT2D eigenvalue weighted by atomic mass is 18.2. The third-order valence-electron chi connectivity index (χ3n) is 5.55. The summed E-state index contributed by atoms with van der Waals surface area (Å²) in [4.78, 5) is 14.8. The number of para-hydroxylation sites is 1. The maximum absolute atomic E-state index is 13.4. The molecule has 0 unspecified atom stereocenters. The summed E-state index contributed by atoms with van der Waals surface area (Å²) in [6.07, 6.45) is 2.22. The first-order chi connectivity index (χ1) is 15.2. The molecule has 154 valence electrons. The highest BCUT2D eigenvalue weighted by Crippen LogP contribution is 2.42. The number of nitrogens with zero attached hydrogens (tertiary/aromatic N) is 3. The second-order valence-corrected chi connectivity index (χ2v) is 7.51. The lowest BCUT2D eigenvalue weighted by Gasteiger charge is -2.28. The van der Waals surface area contributed by atoms with E-state index in [1.807, 2.05) is 54.7 Å². The molecule has 3 aromatic carbocycles. The van der Waals surface area contributed by atoms with Crippen molar-refractivity contribution in [3.8, 4) is 28.1 Å². The van der Waals surface area contributed by atoms with Crippen molar-refractivity contribution in [3.63, 3.8) is 0 Å². The van der Waals surface area contributed by atoms with Crippen molar-refractivity contribution in [3.05, 3.63) is 90.4 Å². The van der Waals surface area contributed by atoms with Crippen molar-refractivity contribution in [1.82, 2.24) is 9.78 Å². The molecule has 1 aliphatic heterocycles. The number of nitrogens with two attached hydrogens (primary N) is 1. The fraction of sp³-hybridized carbons (Fsp3) is 0.120. The van der Waals surface area contributed by atoms with E-state index in [0.29, 0.717) is 13.1 Å². The second kappa shape index (κ2) is 7.81. The van der Waals surface area contributed by atoms with Crippen molar-refractivity contribution >= 4 is 11.6 Å². The molecule has 0 spiro atoms. The molecule has 31 heavy (non-hydrogen) atoms. The number of carbonyl (C=O) groups is 1. The Bertz CT molecular complexity index is 1260. The molecule has 1 aromatic heterocycles. The molecule has 0 aliphatic carbocycles. The van der Waals surface area contributed by atoms with Gasteiger partial charge in [0.1, 0.15) is 11.5 Å². The summed E-state index contributed by atoms with van der Waals surface area (Å²) in [6, 6.07) is 22.1. The minimum Gasteiger partial charge on any atom is -0.330 e. The van der Waals surface area contributed by atoms with Crippen molar-refractivity contribution in [1.29, 1.82) is 0 Å². The van der Waals surface area contributed by atoms with Gasteiger partial charge in [0, 0.05) is 35.9 Å². The first-order valence-corrected chi connectivity index (χ1v) is 10.2. The molecule has 2 heterocycles. The van der Waals surface area contributed by atoms with Crippen LogP contribution in [0.4, 0.5) is 10.1 Å². The molecule has 0 fully saturated rings. The van der Waals surface area contributed by atoms with Crippen LogP contribution >= 0.6 is 0 Å². The summed E-state index contributed by atoms with van der Waals surface area (Å²) in [5, 5.41) is 4.87. The quantitative estimate of drug-likeness (QED) is 0.538. The number of aromatic nitrogens is 2. The largest absolute Gasteiger partial charge is 0.330 e. The average Bonchev–Trinajstić information content (AvgIpc) is 3.22. The van der Waals surface area contributed by atoms with Crippen LogP contribution in [-0.4, -0.2) is 22.2 Å². The molecule has 0 saturated carbocycles. The highest BCUT2D eigenvalue weighted by molar-refractivity contribution is 6.00. The molecule has 5 rings (SSSR count). The molecular weight excluding hydrogens is 390 g/mol.